The van der Waals surface area contributed by atoms with Crippen LogP contribution in [0.3, 0.4) is 0 Å². The Hall–Kier alpha value is -2.18. The van der Waals surface area contributed by atoms with Crippen molar-refractivity contribution < 1.29 is 0 Å². The van der Waals surface area contributed by atoms with Gasteiger partial charge < -0.3 is 24.3 Å². The molecule has 0 amide bonds. The average Bonchev–Trinajstić information content (AvgIpc) is 2.99. The van der Waals surface area contributed by atoms with Gasteiger partial charge in [0.05, 0.1) is 0 Å². The summed E-state index contributed by atoms with van der Waals surface area (Å²) in [6.07, 6.45) is 3.34. The fourth-order valence-electron chi connectivity index (χ4n) is 2.99. The SMILES string of the molecule is CCNC(=NCc1nnc(C)n1C)N1CCN(c2nccn(C)c2=O)CC1.I. The van der Waals surface area contributed by atoms with Crippen LogP contribution >= 0.6 is 24.0 Å². The lowest BCUT2D eigenvalue weighted by Crippen LogP contribution is -2.53. The number of rotatable bonds is 4. The molecule has 1 saturated heterocycles. The van der Waals surface area contributed by atoms with Crippen LogP contribution < -0.4 is 15.8 Å². The zero-order valence-electron chi connectivity index (χ0n) is 16.8. The zero-order chi connectivity index (χ0) is 19.4. The summed E-state index contributed by atoms with van der Waals surface area (Å²) < 4.78 is 3.50. The van der Waals surface area contributed by atoms with Crippen LogP contribution in [0, 0.1) is 6.92 Å². The number of nitrogens with zero attached hydrogens (tertiary/aromatic N) is 8. The lowest BCUT2D eigenvalue weighted by molar-refractivity contribution is 0.370. The van der Waals surface area contributed by atoms with E-state index < -0.39 is 0 Å². The van der Waals surface area contributed by atoms with Gasteiger partial charge in [0.2, 0.25) is 0 Å². The number of aromatic nitrogens is 5. The number of aliphatic imine (C=N–C) groups is 1. The average molecular weight is 501 g/mol. The third-order valence-electron chi connectivity index (χ3n) is 4.77. The van der Waals surface area contributed by atoms with Gasteiger partial charge in [-0.1, -0.05) is 0 Å². The summed E-state index contributed by atoms with van der Waals surface area (Å²) in [7, 11) is 3.69. The standard InChI is InChI=1S/C17H27N9O.HI/c1-5-18-17(20-12-14-22-21-13(2)24(14)4)26-10-8-25(9-11-26)15-16(27)23(3)7-6-19-15;/h6-7H,5,8-12H2,1-4H3,(H,18,20);1H. The van der Waals surface area contributed by atoms with Crippen LogP contribution in [0.2, 0.25) is 0 Å². The highest BCUT2D eigenvalue weighted by Crippen LogP contribution is 2.09. The molecular formula is C17H28IN9O. The first-order valence-corrected chi connectivity index (χ1v) is 9.16. The van der Waals surface area contributed by atoms with Gasteiger partial charge in [-0.25, -0.2) is 9.98 Å². The Morgan fingerprint density at radius 3 is 2.54 bits per heavy atom. The van der Waals surface area contributed by atoms with Gasteiger partial charge in [-0.2, -0.15) is 0 Å². The Bertz CT molecular complexity index is 868. The number of nitrogens with one attached hydrogen (secondary N) is 1. The highest BCUT2D eigenvalue weighted by Gasteiger charge is 2.22. The summed E-state index contributed by atoms with van der Waals surface area (Å²) in [6.45, 7) is 8.22. The molecule has 1 aliphatic heterocycles. The third kappa shape index (κ3) is 4.80. The van der Waals surface area contributed by atoms with E-state index in [1.165, 1.54) is 0 Å². The van der Waals surface area contributed by atoms with E-state index >= 15 is 0 Å². The molecule has 154 valence electrons. The molecule has 0 unspecified atom stereocenters. The summed E-state index contributed by atoms with van der Waals surface area (Å²) in [5.74, 6) is 3.07. The number of guanidine groups is 1. The first-order chi connectivity index (χ1) is 13.0. The predicted octanol–water partition coefficient (Wildman–Crippen LogP) is 0.123. The molecule has 11 heteroatoms. The van der Waals surface area contributed by atoms with E-state index in [1.807, 2.05) is 23.4 Å². The van der Waals surface area contributed by atoms with Crippen molar-refractivity contribution in [2.75, 3.05) is 37.6 Å². The molecule has 2 aromatic heterocycles. The Morgan fingerprint density at radius 1 is 1.21 bits per heavy atom. The van der Waals surface area contributed by atoms with Gasteiger partial charge in [-0.05, 0) is 13.8 Å². The molecule has 0 radical (unpaired) electrons. The number of anilines is 1. The van der Waals surface area contributed by atoms with E-state index in [1.54, 1.807) is 24.0 Å². The highest BCUT2D eigenvalue weighted by molar-refractivity contribution is 14.0. The van der Waals surface area contributed by atoms with Gasteiger partial charge in [-0.15, -0.1) is 34.2 Å². The molecule has 28 heavy (non-hydrogen) atoms. The molecule has 0 aliphatic carbocycles. The molecule has 0 bridgehead atoms. The zero-order valence-corrected chi connectivity index (χ0v) is 19.1. The number of hydrogen-bond donors (Lipinski definition) is 1. The molecule has 2 aromatic rings. The van der Waals surface area contributed by atoms with Crippen LogP contribution in [0.1, 0.15) is 18.6 Å². The Morgan fingerprint density at radius 2 is 1.93 bits per heavy atom. The van der Waals surface area contributed by atoms with Gasteiger partial charge in [0, 0.05) is 59.2 Å². The van der Waals surface area contributed by atoms with Crippen LogP contribution in [-0.4, -0.2) is 67.9 Å². The van der Waals surface area contributed by atoms with Crippen LogP contribution in [0.15, 0.2) is 22.2 Å². The Balaban J connectivity index is 0.00000280. The van der Waals surface area contributed by atoms with Crippen molar-refractivity contribution in [1.82, 2.24) is 34.5 Å². The van der Waals surface area contributed by atoms with Crippen LogP contribution in [0.25, 0.3) is 0 Å². The van der Waals surface area contributed by atoms with Gasteiger partial charge in [0.1, 0.15) is 12.4 Å². The molecule has 1 fully saturated rings. The van der Waals surface area contributed by atoms with Gasteiger partial charge in [-0.3, -0.25) is 4.79 Å². The van der Waals surface area contributed by atoms with Crippen LogP contribution in [0.4, 0.5) is 5.82 Å². The summed E-state index contributed by atoms with van der Waals surface area (Å²) in [5.41, 5.74) is -0.0656. The molecule has 1 N–H and O–H groups in total. The van der Waals surface area contributed by atoms with E-state index in [4.69, 9.17) is 4.99 Å². The van der Waals surface area contributed by atoms with Crippen molar-refractivity contribution in [3.63, 3.8) is 0 Å². The smallest absolute Gasteiger partial charge is 0.293 e. The lowest BCUT2D eigenvalue weighted by atomic mass is 10.3. The van der Waals surface area contributed by atoms with Crippen molar-refractivity contribution in [3.05, 3.63) is 34.4 Å². The quantitative estimate of drug-likeness (QED) is 0.361. The van der Waals surface area contributed by atoms with E-state index in [2.05, 4.69) is 32.3 Å². The summed E-state index contributed by atoms with van der Waals surface area (Å²) in [4.78, 5) is 25.5. The number of halogens is 1. The lowest BCUT2D eigenvalue weighted by Gasteiger charge is -2.36. The Kier molecular flexibility index (Phi) is 7.78. The summed E-state index contributed by atoms with van der Waals surface area (Å²) >= 11 is 0. The van der Waals surface area contributed by atoms with Crippen molar-refractivity contribution in [2.45, 2.75) is 20.4 Å². The van der Waals surface area contributed by atoms with Crippen LogP contribution in [-0.2, 0) is 20.6 Å². The largest absolute Gasteiger partial charge is 0.357 e. The monoisotopic (exact) mass is 501 g/mol. The summed E-state index contributed by atoms with van der Waals surface area (Å²) in [5, 5.41) is 11.6. The number of hydrogen-bond acceptors (Lipinski definition) is 6. The minimum Gasteiger partial charge on any atom is -0.357 e. The molecule has 10 nitrogen and oxygen atoms in total. The molecule has 0 atom stereocenters. The number of aryl methyl sites for hydroxylation is 2. The molecular weight excluding hydrogens is 473 g/mol. The van der Waals surface area contributed by atoms with Crippen molar-refractivity contribution in [2.24, 2.45) is 19.1 Å². The normalized spacial score (nSPS) is 14.8. The fraction of sp³-hybridized carbons (Fsp3) is 0.588. The summed E-state index contributed by atoms with van der Waals surface area (Å²) in [6, 6.07) is 0. The van der Waals surface area contributed by atoms with Gasteiger partial charge in [0.25, 0.3) is 5.56 Å². The van der Waals surface area contributed by atoms with E-state index in [0.29, 0.717) is 12.4 Å². The minimum absolute atomic E-state index is 0. The minimum atomic E-state index is -0.0656. The maximum absolute atomic E-state index is 12.3. The molecule has 0 spiro atoms. The van der Waals surface area contributed by atoms with Gasteiger partial charge in [0.15, 0.2) is 17.6 Å². The second-order valence-electron chi connectivity index (χ2n) is 6.53. The fourth-order valence-corrected chi connectivity index (χ4v) is 2.99. The molecule has 0 saturated carbocycles. The first-order valence-electron chi connectivity index (χ1n) is 9.16. The first kappa shape index (κ1) is 22.1. The van der Waals surface area contributed by atoms with Gasteiger partial charge >= 0.3 is 0 Å². The number of piperazine rings is 1. The second-order valence-corrected chi connectivity index (χ2v) is 6.53. The molecule has 3 rings (SSSR count). The highest BCUT2D eigenvalue weighted by atomic mass is 127. The predicted molar refractivity (Wildman–Crippen MR) is 119 cm³/mol. The topological polar surface area (TPSA) is 96.5 Å². The molecule has 3 heterocycles. The Labute approximate surface area is 181 Å². The van der Waals surface area contributed by atoms with Crippen molar-refractivity contribution >= 4 is 35.8 Å². The van der Waals surface area contributed by atoms with E-state index in [-0.39, 0.29) is 29.5 Å². The maximum atomic E-state index is 12.3. The maximum Gasteiger partial charge on any atom is 0.293 e. The third-order valence-corrected chi connectivity index (χ3v) is 4.77. The van der Waals surface area contributed by atoms with Crippen LogP contribution in [0.5, 0.6) is 0 Å². The molecule has 1 aliphatic rings. The van der Waals surface area contributed by atoms with Crippen molar-refractivity contribution in [1.29, 1.82) is 0 Å². The molecule has 0 aromatic carbocycles. The van der Waals surface area contributed by atoms with E-state index in [0.717, 1.165) is 50.3 Å². The second kappa shape index (κ2) is 9.85. The van der Waals surface area contributed by atoms with E-state index in [9.17, 15) is 4.79 Å². The van der Waals surface area contributed by atoms with Crippen molar-refractivity contribution in [3.8, 4) is 0 Å².